The molecule has 0 rings (SSSR count). The lowest BCUT2D eigenvalue weighted by molar-refractivity contribution is -0.168. The Morgan fingerprint density at radius 1 is 1.24 bits per heavy atom. The second kappa shape index (κ2) is 8.91. The van der Waals surface area contributed by atoms with Crippen molar-refractivity contribution in [1.29, 1.82) is 0 Å². The molecule has 0 bridgehead atoms. The third-order valence-electron chi connectivity index (χ3n) is 4.42. The van der Waals surface area contributed by atoms with Crippen LogP contribution in [0.2, 0.25) is 18.1 Å². The Morgan fingerprint density at radius 2 is 1.81 bits per heavy atom. The fourth-order valence-electron chi connectivity index (χ4n) is 1.92. The van der Waals surface area contributed by atoms with E-state index in [1.807, 2.05) is 0 Å². The molecule has 1 atom stereocenters. The minimum atomic E-state index is -1.73. The van der Waals surface area contributed by atoms with Gasteiger partial charge in [-0.2, -0.15) is 0 Å². The molecule has 0 aromatic rings. The topological polar surface area (TPSA) is 38.8 Å². The average Bonchev–Trinajstić information content (AvgIpc) is 2.36. The normalized spacial score (nSPS) is 14.1. The van der Waals surface area contributed by atoms with Gasteiger partial charge in [-0.05, 0) is 37.4 Å². The van der Waals surface area contributed by atoms with Crippen LogP contribution in [0.25, 0.3) is 0 Å². The maximum atomic E-state index is 11.7. The van der Waals surface area contributed by atoms with Gasteiger partial charge in [-0.3, -0.25) is 9.63 Å². The number of carbonyl (C=O) groups excluding carboxylic acids is 1. The lowest BCUT2D eigenvalue weighted by Gasteiger charge is -2.39. The molecule has 0 aliphatic heterocycles. The van der Waals surface area contributed by atoms with E-state index in [-0.39, 0.29) is 17.0 Å². The largest absolute Gasteiger partial charge is 0.414 e. The highest BCUT2D eigenvalue weighted by atomic mass is 28.4. The highest BCUT2D eigenvalue weighted by Crippen LogP contribution is 2.38. The zero-order valence-electron chi connectivity index (χ0n) is 15.3. The summed E-state index contributed by atoms with van der Waals surface area (Å²) in [6, 6.07) is 0. The molecule has 0 unspecified atom stereocenters. The summed E-state index contributed by atoms with van der Waals surface area (Å²) in [6.45, 7) is 13.6. The Hall–Kier alpha value is -0.393. The Balaban J connectivity index is 4.41. The molecule has 0 aromatic carbocycles. The van der Waals surface area contributed by atoms with Gasteiger partial charge in [0, 0.05) is 19.6 Å². The molecule has 0 spiro atoms. The zero-order valence-corrected chi connectivity index (χ0v) is 16.3. The second-order valence-corrected chi connectivity index (χ2v) is 12.0. The fraction of sp³-hybridized carbons (Fsp3) is 0.938. The molecule has 0 N–H and O–H groups in total. The van der Waals surface area contributed by atoms with Crippen molar-refractivity contribution in [3.8, 4) is 0 Å². The molecule has 4 nitrogen and oxygen atoms in total. The van der Waals surface area contributed by atoms with Gasteiger partial charge in [0.25, 0.3) is 0 Å². The maximum absolute atomic E-state index is 11.7. The molecule has 0 aliphatic carbocycles. The predicted octanol–water partition coefficient (Wildman–Crippen LogP) is 4.37. The van der Waals surface area contributed by atoms with Crippen molar-refractivity contribution in [3.63, 3.8) is 0 Å². The summed E-state index contributed by atoms with van der Waals surface area (Å²) < 4.78 is 6.49. The van der Waals surface area contributed by atoms with Crippen LogP contribution in [0.15, 0.2) is 0 Å². The molecule has 0 aromatic heterocycles. The molecule has 21 heavy (non-hydrogen) atoms. The summed E-state index contributed by atoms with van der Waals surface area (Å²) in [4.78, 5) is 16.6. The molecule has 0 saturated heterocycles. The highest BCUT2D eigenvalue weighted by molar-refractivity contribution is 6.74. The van der Waals surface area contributed by atoms with Crippen molar-refractivity contribution in [2.75, 3.05) is 14.2 Å². The van der Waals surface area contributed by atoms with Crippen molar-refractivity contribution in [2.45, 2.75) is 84.0 Å². The maximum Gasteiger partial charge on any atom is 0.245 e. The van der Waals surface area contributed by atoms with Crippen LogP contribution < -0.4 is 0 Å². The van der Waals surface area contributed by atoms with Crippen LogP contribution in [-0.2, 0) is 14.1 Å². The van der Waals surface area contributed by atoms with Crippen LogP contribution in [0, 0.1) is 0 Å². The SMILES string of the molecule is CCC[C@@H](CCCC(=O)N(C)OC)O[Si](C)(C)C(C)(C)C. The van der Waals surface area contributed by atoms with E-state index in [1.54, 1.807) is 7.05 Å². The minimum Gasteiger partial charge on any atom is -0.414 e. The molecule has 0 radical (unpaired) electrons. The third kappa shape index (κ3) is 7.43. The molecule has 1 amide bonds. The first-order valence-electron chi connectivity index (χ1n) is 8.03. The smallest absolute Gasteiger partial charge is 0.245 e. The summed E-state index contributed by atoms with van der Waals surface area (Å²) >= 11 is 0. The first kappa shape index (κ1) is 20.6. The summed E-state index contributed by atoms with van der Waals surface area (Å²) in [5, 5.41) is 1.52. The molecule has 0 saturated carbocycles. The molecule has 5 heteroatoms. The van der Waals surface area contributed by atoms with Crippen LogP contribution in [-0.4, -0.2) is 39.5 Å². The monoisotopic (exact) mass is 317 g/mol. The van der Waals surface area contributed by atoms with Gasteiger partial charge in [0.2, 0.25) is 5.91 Å². The molecular formula is C16H35NO3Si. The van der Waals surface area contributed by atoms with Crippen molar-refractivity contribution < 1.29 is 14.1 Å². The number of carbonyl (C=O) groups is 1. The van der Waals surface area contributed by atoms with Gasteiger partial charge in [0.05, 0.1) is 7.11 Å². The summed E-state index contributed by atoms with van der Waals surface area (Å²) in [5.74, 6) is 0.0278. The van der Waals surface area contributed by atoms with Crippen LogP contribution in [0.1, 0.15) is 59.8 Å². The van der Waals surface area contributed by atoms with Crippen LogP contribution in [0.3, 0.4) is 0 Å². The Bertz CT molecular complexity index is 313. The first-order chi connectivity index (χ1) is 9.55. The van der Waals surface area contributed by atoms with Gasteiger partial charge in [-0.25, -0.2) is 5.06 Å². The Morgan fingerprint density at radius 3 is 2.24 bits per heavy atom. The summed E-state index contributed by atoms with van der Waals surface area (Å²) in [6.07, 6.45) is 4.78. The van der Waals surface area contributed by atoms with Gasteiger partial charge in [-0.1, -0.05) is 34.1 Å². The number of amides is 1. The molecular weight excluding hydrogens is 282 g/mol. The van der Waals surface area contributed by atoms with Gasteiger partial charge < -0.3 is 4.43 Å². The Kier molecular flexibility index (Phi) is 8.74. The fourth-order valence-corrected chi connectivity index (χ4v) is 3.34. The van der Waals surface area contributed by atoms with Crippen molar-refractivity contribution >= 4 is 14.2 Å². The standard InChI is InChI=1S/C16H35NO3Si/c1-9-11-14(20-21(7,8)16(2,3)4)12-10-13-15(18)17(5)19-6/h14H,9-13H2,1-8H3/t14-/m0/s1. The number of hydroxylamine groups is 2. The van der Waals surface area contributed by atoms with Gasteiger partial charge >= 0.3 is 0 Å². The number of rotatable bonds is 9. The summed E-state index contributed by atoms with van der Waals surface area (Å²) in [7, 11) is 1.43. The zero-order chi connectivity index (χ0) is 16.7. The molecule has 0 fully saturated rings. The van der Waals surface area contributed by atoms with E-state index >= 15 is 0 Å². The number of hydrogen-bond donors (Lipinski definition) is 0. The molecule has 0 aliphatic rings. The average molecular weight is 318 g/mol. The van der Waals surface area contributed by atoms with E-state index in [0.717, 1.165) is 25.7 Å². The molecule has 0 heterocycles. The lowest BCUT2D eigenvalue weighted by Crippen LogP contribution is -2.44. The third-order valence-corrected chi connectivity index (χ3v) is 8.95. The van der Waals surface area contributed by atoms with Crippen LogP contribution in [0.5, 0.6) is 0 Å². The summed E-state index contributed by atoms with van der Waals surface area (Å²) in [5.41, 5.74) is 0. The van der Waals surface area contributed by atoms with E-state index < -0.39 is 8.32 Å². The Labute approximate surface area is 132 Å². The van der Waals surface area contributed by atoms with Crippen LogP contribution >= 0.6 is 0 Å². The van der Waals surface area contributed by atoms with Crippen LogP contribution in [0.4, 0.5) is 0 Å². The van der Waals surface area contributed by atoms with E-state index in [0.29, 0.717) is 6.42 Å². The predicted molar refractivity (Wildman–Crippen MR) is 90.6 cm³/mol. The number of nitrogens with zero attached hydrogens (tertiary/aromatic N) is 1. The van der Waals surface area contributed by atoms with Crippen molar-refractivity contribution in [3.05, 3.63) is 0 Å². The van der Waals surface area contributed by atoms with E-state index in [1.165, 1.54) is 12.2 Å². The van der Waals surface area contributed by atoms with E-state index in [9.17, 15) is 4.79 Å². The van der Waals surface area contributed by atoms with E-state index in [2.05, 4.69) is 40.8 Å². The van der Waals surface area contributed by atoms with Gasteiger partial charge in [-0.15, -0.1) is 0 Å². The first-order valence-corrected chi connectivity index (χ1v) is 10.9. The lowest BCUT2D eigenvalue weighted by atomic mass is 10.1. The highest BCUT2D eigenvalue weighted by Gasteiger charge is 2.38. The second-order valence-electron chi connectivity index (χ2n) is 7.25. The molecule has 126 valence electrons. The van der Waals surface area contributed by atoms with Crippen molar-refractivity contribution in [2.24, 2.45) is 0 Å². The van der Waals surface area contributed by atoms with Crippen molar-refractivity contribution in [1.82, 2.24) is 5.06 Å². The number of hydrogen-bond acceptors (Lipinski definition) is 3. The van der Waals surface area contributed by atoms with Gasteiger partial charge in [0.15, 0.2) is 8.32 Å². The quantitative estimate of drug-likeness (QED) is 0.468. The van der Waals surface area contributed by atoms with Gasteiger partial charge in [0.1, 0.15) is 0 Å². The van der Waals surface area contributed by atoms with E-state index in [4.69, 9.17) is 9.26 Å². The minimum absolute atomic E-state index is 0.0278.